The number of hydrogen-bond donors (Lipinski definition) is 0. The van der Waals surface area contributed by atoms with Crippen molar-refractivity contribution in [3.8, 4) is 0 Å². The van der Waals surface area contributed by atoms with Crippen LogP contribution in [0.4, 0.5) is 17.3 Å². The van der Waals surface area contributed by atoms with Gasteiger partial charge in [0.1, 0.15) is 28.5 Å². The highest BCUT2D eigenvalue weighted by Crippen LogP contribution is 2.30. The third-order valence-electron chi connectivity index (χ3n) is 4.57. The first-order valence-electron chi connectivity index (χ1n) is 8.36. The summed E-state index contributed by atoms with van der Waals surface area (Å²) in [5.41, 5.74) is 0.504. The van der Waals surface area contributed by atoms with Crippen LogP contribution < -0.4 is 9.80 Å². The molecular formula is C17H18N6O2S. The largest absolute Gasteiger partial charge is 0.353 e. The molecule has 0 amide bonds. The number of fused-ring (bicyclic) bond motifs is 1. The minimum absolute atomic E-state index is 0.0589. The van der Waals surface area contributed by atoms with Crippen LogP contribution in [-0.4, -0.2) is 46.1 Å². The van der Waals surface area contributed by atoms with Gasteiger partial charge in [0, 0.05) is 37.1 Å². The van der Waals surface area contributed by atoms with E-state index < -0.39 is 4.92 Å². The number of piperazine rings is 1. The molecular weight excluding hydrogens is 352 g/mol. The van der Waals surface area contributed by atoms with Gasteiger partial charge in [0.25, 0.3) is 5.69 Å². The van der Waals surface area contributed by atoms with Gasteiger partial charge in [-0.15, -0.1) is 11.3 Å². The summed E-state index contributed by atoms with van der Waals surface area (Å²) in [6.45, 7) is 6.97. The fourth-order valence-corrected chi connectivity index (χ4v) is 4.11. The average Bonchev–Trinajstić information content (AvgIpc) is 3.01. The van der Waals surface area contributed by atoms with Crippen LogP contribution in [0.2, 0.25) is 0 Å². The Morgan fingerprint density at radius 3 is 2.54 bits per heavy atom. The summed E-state index contributed by atoms with van der Waals surface area (Å²) >= 11 is 1.68. The smallest absolute Gasteiger partial charge is 0.290 e. The van der Waals surface area contributed by atoms with Crippen molar-refractivity contribution in [2.75, 3.05) is 36.0 Å². The molecule has 134 valence electrons. The molecule has 1 aliphatic rings. The lowest BCUT2D eigenvalue weighted by Gasteiger charge is -2.36. The number of nitrogens with zero attached hydrogens (tertiary/aromatic N) is 6. The lowest BCUT2D eigenvalue weighted by molar-refractivity contribution is -0.385. The summed E-state index contributed by atoms with van der Waals surface area (Å²) in [6.07, 6.45) is 1.63. The third kappa shape index (κ3) is 2.94. The van der Waals surface area contributed by atoms with Gasteiger partial charge in [-0.2, -0.15) is 0 Å². The maximum Gasteiger partial charge on any atom is 0.290 e. The molecule has 0 bridgehead atoms. The normalized spacial score (nSPS) is 14.8. The number of thiophene rings is 1. The molecule has 8 nitrogen and oxygen atoms in total. The Hall–Kier alpha value is -2.81. The van der Waals surface area contributed by atoms with E-state index in [0.717, 1.165) is 48.0 Å². The van der Waals surface area contributed by atoms with E-state index in [2.05, 4.69) is 37.7 Å². The van der Waals surface area contributed by atoms with Crippen molar-refractivity contribution in [2.24, 2.45) is 0 Å². The first kappa shape index (κ1) is 16.6. The molecule has 1 fully saturated rings. The number of pyridine rings is 1. The van der Waals surface area contributed by atoms with E-state index in [-0.39, 0.29) is 5.69 Å². The topological polar surface area (TPSA) is 88.3 Å². The van der Waals surface area contributed by atoms with E-state index in [1.807, 2.05) is 0 Å². The Balaban J connectivity index is 1.52. The van der Waals surface area contributed by atoms with Gasteiger partial charge in [0.2, 0.25) is 0 Å². The molecule has 0 aliphatic carbocycles. The Morgan fingerprint density at radius 1 is 1.12 bits per heavy atom. The van der Waals surface area contributed by atoms with Crippen molar-refractivity contribution in [3.05, 3.63) is 45.2 Å². The summed E-state index contributed by atoms with van der Waals surface area (Å²) in [5, 5.41) is 12.1. The number of rotatable bonds is 3. The van der Waals surface area contributed by atoms with Crippen LogP contribution in [0.25, 0.3) is 10.2 Å². The molecule has 4 rings (SSSR count). The molecule has 1 aliphatic heterocycles. The van der Waals surface area contributed by atoms with E-state index in [0.29, 0.717) is 5.69 Å². The Labute approximate surface area is 154 Å². The monoisotopic (exact) mass is 370 g/mol. The van der Waals surface area contributed by atoms with E-state index in [4.69, 9.17) is 0 Å². The highest BCUT2D eigenvalue weighted by atomic mass is 32.1. The highest BCUT2D eigenvalue weighted by Gasteiger charge is 2.22. The summed E-state index contributed by atoms with van der Waals surface area (Å²) in [6, 6.07) is 5.40. The van der Waals surface area contributed by atoms with E-state index >= 15 is 0 Å². The van der Waals surface area contributed by atoms with Crippen molar-refractivity contribution >= 4 is 38.9 Å². The van der Waals surface area contributed by atoms with Crippen molar-refractivity contribution in [1.29, 1.82) is 0 Å². The Bertz CT molecular complexity index is 981. The molecule has 0 unspecified atom stereocenters. The molecule has 0 saturated carbocycles. The van der Waals surface area contributed by atoms with E-state index in [1.54, 1.807) is 30.7 Å². The van der Waals surface area contributed by atoms with E-state index in [9.17, 15) is 10.1 Å². The van der Waals surface area contributed by atoms with Crippen LogP contribution in [0.5, 0.6) is 0 Å². The molecule has 3 aromatic rings. The van der Waals surface area contributed by atoms with Crippen molar-refractivity contribution in [2.45, 2.75) is 13.8 Å². The minimum Gasteiger partial charge on any atom is -0.353 e. The molecule has 0 radical (unpaired) electrons. The maximum atomic E-state index is 11.0. The highest BCUT2D eigenvalue weighted by molar-refractivity contribution is 7.18. The second kappa shape index (κ2) is 6.49. The average molecular weight is 370 g/mol. The van der Waals surface area contributed by atoms with Gasteiger partial charge in [-0.25, -0.2) is 15.0 Å². The van der Waals surface area contributed by atoms with Crippen LogP contribution in [0.3, 0.4) is 0 Å². The number of aromatic nitrogens is 3. The predicted octanol–water partition coefficient (Wildman–Crippen LogP) is 2.94. The number of anilines is 2. The first-order chi connectivity index (χ1) is 12.5. The fraction of sp³-hybridized carbons (Fsp3) is 0.353. The number of aryl methyl sites for hydroxylation is 2. The second-order valence-corrected chi connectivity index (χ2v) is 7.51. The summed E-state index contributed by atoms with van der Waals surface area (Å²) in [4.78, 5) is 30.5. The van der Waals surface area contributed by atoms with Crippen molar-refractivity contribution in [3.63, 3.8) is 0 Å². The third-order valence-corrected chi connectivity index (χ3v) is 5.53. The van der Waals surface area contributed by atoms with Crippen LogP contribution in [0.15, 0.2) is 24.5 Å². The van der Waals surface area contributed by atoms with Crippen LogP contribution in [-0.2, 0) is 0 Å². The van der Waals surface area contributed by atoms with Gasteiger partial charge in [-0.3, -0.25) is 10.1 Å². The zero-order valence-electron chi connectivity index (χ0n) is 14.5. The zero-order chi connectivity index (χ0) is 18.3. The second-order valence-electron chi connectivity index (χ2n) is 6.28. The molecule has 26 heavy (non-hydrogen) atoms. The van der Waals surface area contributed by atoms with Gasteiger partial charge < -0.3 is 9.80 Å². The number of hydrogen-bond acceptors (Lipinski definition) is 8. The fourth-order valence-electron chi connectivity index (χ4n) is 3.27. The Morgan fingerprint density at radius 2 is 1.85 bits per heavy atom. The van der Waals surface area contributed by atoms with Gasteiger partial charge in [0.15, 0.2) is 0 Å². The standard InChI is InChI=1S/C17H18N6O2S/c1-11-9-13-16(18-10-19-17(13)26-11)22-7-5-21(6-8-22)15-4-3-14(23(24)25)12(2)20-15/h3-4,9-10H,5-8H2,1-2H3. The molecule has 4 heterocycles. The molecule has 9 heteroatoms. The quantitative estimate of drug-likeness (QED) is 0.517. The summed E-state index contributed by atoms with van der Waals surface area (Å²) < 4.78 is 0. The molecule has 0 spiro atoms. The van der Waals surface area contributed by atoms with Gasteiger partial charge >= 0.3 is 0 Å². The summed E-state index contributed by atoms with van der Waals surface area (Å²) in [7, 11) is 0. The summed E-state index contributed by atoms with van der Waals surface area (Å²) in [5.74, 6) is 1.76. The van der Waals surface area contributed by atoms with Crippen LogP contribution >= 0.6 is 11.3 Å². The predicted molar refractivity (Wildman–Crippen MR) is 102 cm³/mol. The van der Waals surface area contributed by atoms with Crippen LogP contribution in [0, 0.1) is 24.0 Å². The number of nitro groups is 1. The van der Waals surface area contributed by atoms with Crippen molar-refractivity contribution in [1.82, 2.24) is 15.0 Å². The van der Waals surface area contributed by atoms with Crippen molar-refractivity contribution < 1.29 is 4.92 Å². The van der Waals surface area contributed by atoms with Crippen LogP contribution in [0.1, 0.15) is 10.6 Å². The molecule has 1 saturated heterocycles. The molecule has 0 N–H and O–H groups in total. The van der Waals surface area contributed by atoms with E-state index in [1.165, 1.54) is 10.9 Å². The lowest BCUT2D eigenvalue weighted by Crippen LogP contribution is -2.47. The molecule has 0 aromatic carbocycles. The molecule has 0 atom stereocenters. The zero-order valence-corrected chi connectivity index (χ0v) is 15.4. The first-order valence-corrected chi connectivity index (χ1v) is 9.17. The lowest BCUT2D eigenvalue weighted by atomic mass is 10.2. The minimum atomic E-state index is -0.396. The maximum absolute atomic E-state index is 11.0. The van der Waals surface area contributed by atoms with Gasteiger partial charge in [-0.05, 0) is 26.0 Å². The van der Waals surface area contributed by atoms with Gasteiger partial charge in [-0.1, -0.05) is 0 Å². The molecule has 3 aromatic heterocycles. The Kier molecular flexibility index (Phi) is 4.15. The SMILES string of the molecule is Cc1cc2c(N3CCN(c4ccc([N+](=O)[O-])c(C)n4)CC3)ncnc2s1. The van der Waals surface area contributed by atoms with Gasteiger partial charge in [0.05, 0.1) is 10.3 Å².